The highest BCUT2D eigenvalue weighted by molar-refractivity contribution is 6.00. The third kappa shape index (κ3) is 11.8. The average molecular weight is 437 g/mol. The lowest BCUT2D eigenvalue weighted by Crippen LogP contribution is -2.22. The summed E-state index contributed by atoms with van der Waals surface area (Å²) < 4.78 is 11.2. The minimum atomic E-state index is -0.286. The first-order valence-electron chi connectivity index (χ1n) is 13.2. The molecule has 0 aromatic rings. The van der Waals surface area contributed by atoms with Crippen molar-refractivity contribution in [3.05, 3.63) is 11.1 Å². The Hall–Kier alpha value is -1.32. The molecule has 0 atom stereocenters. The van der Waals surface area contributed by atoms with Gasteiger partial charge in [0.1, 0.15) is 0 Å². The Morgan fingerprint density at radius 1 is 0.645 bits per heavy atom. The Morgan fingerprint density at radius 3 is 1.68 bits per heavy atom. The molecule has 0 unspecified atom stereocenters. The first-order valence-corrected chi connectivity index (χ1v) is 13.2. The molecule has 4 heteroatoms. The quantitative estimate of drug-likeness (QED) is 0.125. The molecule has 1 saturated carbocycles. The van der Waals surface area contributed by atoms with E-state index in [-0.39, 0.29) is 17.9 Å². The third-order valence-corrected chi connectivity index (χ3v) is 6.30. The van der Waals surface area contributed by atoms with E-state index in [9.17, 15) is 9.59 Å². The Morgan fingerprint density at radius 2 is 1.13 bits per heavy atom. The molecule has 0 bridgehead atoms. The molecule has 0 aromatic heterocycles. The molecule has 4 nitrogen and oxygen atoms in total. The van der Waals surface area contributed by atoms with Gasteiger partial charge in [-0.25, -0.2) is 9.59 Å². The van der Waals surface area contributed by atoms with Crippen molar-refractivity contribution < 1.29 is 19.1 Å². The van der Waals surface area contributed by atoms with E-state index in [1.807, 2.05) is 0 Å². The van der Waals surface area contributed by atoms with Gasteiger partial charge >= 0.3 is 11.9 Å². The monoisotopic (exact) mass is 436 g/mol. The van der Waals surface area contributed by atoms with Gasteiger partial charge in [0, 0.05) is 5.57 Å². The van der Waals surface area contributed by atoms with E-state index in [2.05, 4.69) is 20.8 Å². The lowest BCUT2D eigenvalue weighted by molar-refractivity contribution is -0.143. The molecule has 0 heterocycles. The van der Waals surface area contributed by atoms with Crippen molar-refractivity contribution >= 4 is 11.9 Å². The summed E-state index contributed by atoms with van der Waals surface area (Å²) in [6.45, 7) is 7.27. The van der Waals surface area contributed by atoms with Crippen LogP contribution in [0.25, 0.3) is 0 Å². The second-order valence-electron chi connectivity index (χ2n) is 9.08. The second kappa shape index (κ2) is 18.3. The highest BCUT2D eigenvalue weighted by Crippen LogP contribution is 2.35. The lowest BCUT2D eigenvalue weighted by Gasteiger charge is -2.19. The number of carbonyl (C=O) groups excluding carboxylic acids is 2. The molecule has 1 rings (SSSR count). The van der Waals surface area contributed by atoms with Crippen molar-refractivity contribution in [3.63, 3.8) is 0 Å². The Bertz CT molecular complexity index is 517. The molecule has 0 saturated heterocycles. The van der Waals surface area contributed by atoms with E-state index < -0.39 is 0 Å². The summed E-state index contributed by atoms with van der Waals surface area (Å²) >= 11 is 0. The molecular formula is C27H48O4. The van der Waals surface area contributed by atoms with Crippen molar-refractivity contribution in [2.75, 3.05) is 13.2 Å². The van der Waals surface area contributed by atoms with Gasteiger partial charge in [-0.15, -0.1) is 0 Å². The maximum absolute atomic E-state index is 13.0. The van der Waals surface area contributed by atoms with Gasteiger partial charge in [-0.3, -0.25) is 0 Å². The third-order valence-electron chi connectivity index (χ3n) is 6.30. The standard InChI is InChI=1S/C27H48O4/c1-4-7-10-11-12-13-14-15-20-24(26(28)30-21-8-5-2)25(23-18-16-17-19-23)27(29)31-22-9-6-3/h23H,4-22H2,1-3H3. The number of carbonyl (C=O) groups is 2. The van der Waals surface area contributed by atoms with Crippen LogP contribution in [-0.4, -0.2) is 25.2 Å². The highest BCUT2D eigenvalue weighted by Gasteiger charge is 2.31. The summed E-state index contributed by atoms with van der Waals surface area (Å²) in [5, 5.41) is 0. The van der Waals surface area contributed by atoms with Crippen LogP contribution in [0.4, 0.5) is 0 Å². The predicted molar refractivity (Wildman–Crippen MR) is 128 cm³/mol. The molecule has 31 heavy (non-hydrogen) atoms. The normalized spacial score (nSPS) is 15.1. The van der Waals surface area contributed by atoms with Crippen LogP contribution in [0.2, 0.25) is 0 Å². The van der Waals surface area contributed by atoms with Crippen molar-refractivity contribution in [2.45, 2.75) is 130 Å². The SMILES string of the molecule is CCCCCCCCCCC(C(=O)OCCCC)=C(C(=O)OCCCC)C1CCCC1. The first-order chi connectivity index (χ1) is 15.2. The first kappa shape index (κ1) is 27.7. The van der Waals surface area contributed by atoms with Gasteiger partial charge in [0.05, 0.1) is 18.8 Å². The summed E-state index contributed by atoms with van der Waals surface area (Å²) in [6, 6.07) is 0. The van der Waals surface area contributed by atoms with Gasteiger partial charge < -0.3 is 9.47 Å². The molecule has 0 radical (unpaired) electrons. The van der Waals surface area contributed by atoms with Gasteiger partial charge in [-0.1, -0.05) is 91.4 Å². The van der Waals surface area contributed by atoms with Crippen LogP contribution >= 0.6 is 0 Å². The van der Waals surface area contributed by atoms with E-state index in [1.165, 1.54) is 38.5 Å². The summed E-state index contributed by atoms with van der Waals surface area (Å²) in [4.78, 5) is 26.0. The number of esters is 2. The molecule has 0 spiro atoms. The summed E-state index contributed by atoms with van der Waals surface area (Å²) in [5.74, 6) is -0.412. The molecule has 1 aliphatic rings. The van der Waals surface area contributed by atoms with Crippen LogP contribution in [0.1, 0.15) is 130 Å². The van der Waals surface area contributed by atoms with Crippen LogP contribution < -0.4 is 0 Å². The Balaban J connectivity index is 2.83. The molecule has 1 aliphatic carbocycles. The smallest absolute Gasteiger partial charge is 0.334 e. The van der Waals surface area contributed by atoms with Gasteiger partial charge in [0.2, 0.25) is 0 Å². The summed E-state index contributed by atoms with van der Waals surface area (Å²) in [6.07, 6.45) is 18.2. The van der Waals surface area contributed by atoms with Crippen LogP contribution in [-0.2, 0) is 19.1 Å². The Kier molecular flexibility index (Phi) is 16.3. The van der Waals surface area contributed by atoms with E-state index in [4.69, 9.17) is 9.47 Å². The maximum Gasteiger partial charge on any atom is 0.334 e. The zero-order chi connectivity index (χ0) is 22.7. The number of ether oxygens (including phenoxy) is 2. The number of unbranched alkanes of at least 4 members (excludes halogenated alkanes) is 9. The van der Waals surface area contributed by atoms with Crippen molar-refractivity contribution in [3.8, 4) is 0 Å². The van der Waals surface area contributed by atoms with E-state index in [1.54, 1.807) is 0 Å². The maximum atomic E-state index is 13.0. The number of rotatable bonds is 18. The fourth-order valence-corrected chi connectivity index (χ4v) is 4.32. The average Bonchev–Trinajstić information content (AvgIpc) is 3.29. The minimum absolute atomic E-state index is 0.150. The zero-order valence-electron chi connectivity index (χ0n) is 20.6. The summed E-state index contributed by atoms with van der Waals surface area (Å²) in [7, 11) is 0. The van der Waals surface area contributed by atoms with Crippen molar-refractivity contribution in [2.24, 2.45) is 5.92 Å². The van der Waals surface area contributed by atoms with E-state index in [0.717, 1.165) is 64.2 Å². The van der Waals surface area contributed by atoms with Crippen molar-refractivity contribution in [1.82, 2.24) is 0 Å². The van der Waals surface area contributed by atoms with Crippen LogP contribution in [0.5, 0.6) is 0 Å². The second-order valence-corrected chi connectivity index (χ2v) is 9.08. The Labute approximate surface area is 191 Å². The molecule has 1 fully saturated rings. The van der Waals surface area contributed by atoms with Gasteiger partial charge in [-0.2, -0.15) is 0 Å². The molecule has 180 valence electrons. The van der Waals surface area contributed by atoms with Crippen LogP contribution in [0.3, 0.4) is 0 Å². The fraction of sp³-hybridized carbons (Fsp3) is 0.852. The predicted octanol–water partition coefficient (Wildman–Crippen LogP) is 7.69. The highest BCUT2D eigenvalue weighted by atomic mass is 16.5. The molecule has 0 aliphatic heterocycles. The lowest BCUT2D eigenvalue weighted by atomic mass is 9.90. The van der Waals surface area contributed by atoms with E-state index >= 15 is 0 Å². The minimum Gasteiger partial charge on any atom is -0.462 e. The van der Waals surface area contributed by atoms with Crippen LogP contribution in [0.15, 0.2) is 11.1 Å². The van der Waals surface area contributed by atoms with Gasteiger partial charge in [-0.05, 0) is 44.4 Å². The topological polar surface area (TPSA) is 52.6 Å². The zero-order valence-corrected chi connectivity index (χ0v) is 20.6. The number of hydrogen-bond acceptors (Lipinski definition) is 4. The van der Waals surface area contributed by atoms with Gasteiger partial charge in [0.15, 0.2) is 0 Å². The largest absolute Gasteiger partial charge is 0.462 e. The molecule has 0 amide bonds. The molecule has 0 aromatic carbocycles. The molecule has 0 N–H and O–H groups in total. The molecular weight excluding hydrogens is 388 g/mol. The number of hydrogen-bond donors (Lipinski definition) is 0. The summed E-state index contributed by atoms with van der Waals surface area (Å²) in [5.41, 5.74) is 1.24. The van der Waals surface area contributed by atoms with Crippen molar-refractivity contribution in [1.29, 1.82) is 0 Å². The van der Waals surface area contributed by atoms with Gasteiger partial charge in [0.25, 0.3) is 0 Å². The van der Waals surface area contributed by atoms with E-state index in [0.29, 0.717) is 30.8 Å². The fourth-order valence-electron chi connectivity index (χ4n) is 4.32. The van der Waals surface area contributed by atoms with Crippen LogP contribution in [0, 0.1) is 5.92 Å².